The van der Waals surface area contributed by atoms with Crippen LogP contribution < -0.4 is 4.90 Å². The minimum Gasteiger partial charge on any atom is -0.349 e. The average molecular weight is 420 g/mol. The summed E-state index contributed by atoms with van der Waals surface area (Å²) < 4.78 is 0. The molecule has 2 aromatic carbocycles. The minimum atomic E-state index is 0.321. The van der Waals surface area contributed by atoms with Crippen molar-refractivity contribution >= 4 is 17.5 Å². The van der Waals surface area contributed by atoms with Gasteiger partial charge in [-0.25, -0.2) is 9.97 Å². The molecule has 0 amide bonds. The fourth-order valence-corrected chi connectivity index (χ4v) is 5.71. The second-order valence-electron chi connectivity index (χ2n) is 9.56. The van der Waals surface area contributed by atoms with Gasteiger partial charge in [-0.3, -0.25) is 0 Å². The number of allylic oxidation sites excluding steroid dienone is 1. The SMILES string of the molecule is CC(C)c1cccc(CC2C3=C(CCN2c2ncnc4c2C=CC4)c2ccccc2C3)c1. The van der Waals surface area contributed by atoms with E-state index in [1.807, 2.05) is 0 Å². The van der Waals surface area contributed by atoms with Gasteiger partial charge in [-0.1, -0.05) is 74.5 Å². The number of anilines is 1. The number of nitrogens with zero attached hydrogens (tertiary/aromatic N) is 3. The zero-order valence-corrected chi connectivity index (χ0v) is 18.9. The van der Waals surface area contributed by atoms with E-state index in [4.69, 9.17) is 4.98 Å². The Bertz CT molecular complexity index is 1250. The van der Waals surface area contributed by atoms with E-state index in [0.717, 1.165) is 43.7 Å². The Hall–Kier alpha value is -3.20. The van der Waals surface area contributed by atoms with Crippen molar-refractivity contribution in [3.8, 4) is 0 Å². The van der Waals surface area contributed by atoms with Crippen molar-refractivity contribution in [3.05, 3.63) is 100 Å². The fourth-order valence-electron chi connectivity index (χ4n) is 5.71. The predicted molar refractivity (Wildman–Crippen MR) is 132 cm³/mol. The van der Waals surface area contributed by atoms with Crippen LogP contribution >= 0.6 is 0 Å². The molecule has 3 heteroatoms. The number of benzene rings is 2. The lowest BCUT2D eigenvalue weighted by Crippen LogP contribution is -2.43. The molecule has 0 saturated heterocycles. The molecule has 0 radical (unpaired) electrons. The summed E-state index contributed by atoms with van der Waals surface area (Å²) in [5, 5.41) is 0. The molecule has 3 aromatic rings. The maximum absolute atomic E-state index is 4.82. The average Bonchev–Trinajstić information content (AvgIpc) is 3.44. The fraction of sp³-hybridized carbons (Fsp3) is 0.310. The quantitative estimate of drug-likeness (QED) is 0.519. The molecule has 160 valence electrons. The molecule has 1 unspecified atom stereocenters. The number of rotatable bonds is 4. The third-order valence-corrected chi connectivity index (χ3v) is 7.35. The van der Waals surface area contributed by atoms with Gasteiger partial charge in [0.25, 0.3) is 0 Å². The van der Waals surface area contributed by atoms with Gasteiger partial charge in [0, 0.05) is 18.5 Å². The second kappa shape index (κ2) is 7.74. The van der Waals surface area contributed by atoms with Gasteiger partial charge in [0.05, 0.1) is 11.7 Å². The molecule has 32 heavy (non-hydrogen) atoms. The molecule has 0 fully saturated rings. The third kappa shape index (κ3) is 3.19. The van der Waals surface area contributed by atoms with E-state index < -0.39 is 0 Å². The molecule has 3 aliphatic rings. The van der Waals surface area contributed by atoms with E-state index in [9.17, 15) is 0 Å². The number of hydrogen-bond acceptors (Lipinski definition) is 3. The predicted octanol–water partition coefficient (Wildman–Crippen LogP) is 6.00. The summed E-state index contributed by atoms with van der Waals surface area (Å²) in [5.41, 5.74) is 11.3. The van der Waals surface area contributed by atoms with Gasteiger partial charge < -0.3 is 4.90 Å². The summed E-state index contributed by atoms with van der Waals surface area (Å²) in [5.74, 6) is 1.65. The molecule has 3 nitrogen and oxygen atoms in total. The Kier molecular flexibility index (Phi) is 4.71. The molecule has 0 saturated carbocycles. The van der Waals surface area contributed by atoms with E-state index in [2.05, 4.69) is 84.4 Å². The first-order chi connectivity index (χ1) is 15.7. The first-order valence-electron chi connectivity index (χ1n) is 11.8. The third-order valence-electron chi connectivity index (χ3n) is 7.35. The van der Waals surface area contributed by atoms with Crippen LogP contribution in [0.4, 0.5) is 5.82 Å². The molecule has 0 spiro atoms. The van der Waals surface area contributed by atoms with Gasteiger partial charge in [-0.15, -0.1) is 0 Å². The minimum absolute atomic E-state index is 0.321. The lowest BCUT2D eigenvalue weighted by molar-refractivity contribution is 0.617. The van der Waals surface area contributed by atoms with Crippen molar-refractivity contribution in [2.75, 3.05) is 11.4 Å². The van der Waals surface area contributed by atoms with Gasteiger partial charge >= 0.3 is 0 Å². The van der Waals surface area contributed by atoms with Gasteiger partial charge in [0.2, 0.25) is 0 Å². The molecular weight excluding hydrogens is 390 g/mol. The summed E-state index contributed by atoms with van der Waals surface area (Å²) >= 11 is 0. The van der Waals surface area contributed by atoms with Crippen LogP contribution in [0.25, 0.3) is 11.6 Å². The molecular formula is C29H29N3. The van der Waals surface area contributed by atoms with Crippen molar-refractivity contribution in [1.29, 1.82) is 0 Å². The van der Waals surface area contributed by atoms with Gasteiger partial charge in [-0.2, -0.15) is 0 Å². The maximum atomic E-state index is 4.82. The van der Waals surface area contributed by atoms with Crippen molar-refractivity contribution in [2.24, 2.45) is 0 Å². The number of hydrogen-bond donors (Lipinski definition) is 0. The highest BCUT2D eigenvalue weighted by Gasteiger charge is 2.36. The summed E-state index contributed by atoms with van der Waals surface area (Å²) in [7, 11) is 0. The van der Waals surface area contributed by atoms with E-state index in [0.29, 0.717) is 12.0 Å². The van der Waals surface area contributed by atoms with Crippen molar-refractivity contribution < 1.29 is 0 Å². The van der Waals surface area contributed by atoms with Crippen LogP contribution in [0.5, 0.6) is 0 Å². The summed E-state index contributed by atoms with van der Waals surface area (Å²) in [6.07, 6.45) is 10.2. The lowest BCUT2D eigenvalue weighted by atomic mass is 9.87. The first kappa shape index (κ1) is 19.5. The van der Waals surface area contributed by atoms with Crippen LogP contribution in [0.3, 0.4) is 0 Å². The molecule has 0 N–H and O–H groups in total. The van der Waals surface area contributed by atoms with Crippen LogP contribution in [-0.4, -0.2) is 22.6 Å². The number of fused-ring (bicyclic) bond motifs is 3. The van der Waals surface area contributed by atoms with Crippen LogP contribution in [0.2, 0.25) is 0 Å². The normalized spacial score (nSPS) is 18.8. The molecule has 0 bridgehead atoms. The molecule has 6 rings (SSSR count). The summed E-state index contributed by atoms with van der Waals surface area (Å²) in [6.45, 7) is 5.55. The van der Waals surface area contributed by atoms with Crippen molar-refractivity contribution in [2.45, 2.75) is 51.5 Å². The van der Waals surface area contributed by atoms with E-state index >= 15 is 0 Å². The smallest absolute Gasteiger partial charge is 0.140 e. The topological polar surface area (TPSA) is 29.0 Å². The largest absolute Gasteiger partial charge is 0.349 e. The molecule has 1 aliphatic heterocycles. The number of aromatic nitrogens is 2. The monoisotopic (exact) mass is 419 g/mol. The molecule has 2 aliphatic carbocycles. The van der Waals surface area contributed by atoms with Crippen LogP contribution in [0.15, 0.2) is 66.5 Å². The Balaban J connectivity index is 1.44. The van der Waals surface area contributed by atoms with Gasteiger partial charge in [-0.05, 0) is 58.6 Å². The van der Waals surface area contributed by atoms with Crippen molar-refractivity contribution in [1.82, 2.24) is 9.97 Å². The van der Waals surface area contributed by atoms with E-state index in [1.165, 1.54) is 27.8 Å². The standard InChI is InChI=1S/C29H29N3/c1-19(2)21-9-5-7-20(15-21)16-28-26-17-22-8-3-4-10-23(22)24(26)13-14-32(28)29-25-11-6-12-27(25)30-18-31-29/h3-11,15,18-19,28H,12-14,16-17H2,1-2H3. The first-order valence-corrected chi connectivity index (χ1v) is 11.8. The molecule has 2 heterocycles. The van der Waals surface area contributed by atoms with E-state index in [1.54, 1.807) is 17.5 Å². The zero-order chi connectivity index (χ0) is 21.7. The van der Waals surface area contributed by atoms with Gasteiger partial charge in [0.1, 0.15) is 12.1 Å². The van der Waals surface area contributed by atoms with Crippen LogP contribution in [-0.2, 0) is 19.3 Å². The summed E-state index contributed by atoms with van der Waals surface area (Å²) in [4.78, 5) is 11.9. The lowest BCUT2D eigenvalue weighted by Gasteiger charge is -2.39. The van der Waals surface area contributed by atoms with Gasteiger partial charge in [0.15, 0.2) is 0 Å². The Morgan fingerprint density at radius 3 is 2.88 bits per heavy atom. The summed E-state index contributed by atoms with van der Waals surface area (Å²) in [6, 6.07) is 18.5. The highest BCUT2D eigenvalue weighted by atomic mass is 15.2. The molecule has 1 atom stereocenters. The Morgan fingerprint density at radius 2 is 1.97 bits per heavy atom. The van der Waals surface area contributed by atoms with Crippen LogP contribution in [0, 0.1) is 0 Å². The van der Waals surface area contributed by atoms with Crippen LogP contribution in [0.1, 0.15) is 59.7 Å². The molecule has 1 aromatic heterocycles. The highest BCUT2D eigenvalue weighted by molar-refractivity contribution is 5.81. The van der Waals surface area contributed by atoms with Crippen molar-refractivity contribution in [3.63, 3.8) is 0 Å². The van der Waals surface area contributed by atoms with E-state index in [-0.39, 0.29) is 0 Å². The highest BCUT2D eigenvalue weighted by Crippen LogP contribution is 2.43. The second-order valence-corrected chi connectivity index (χ2v) is 9.56. The Morgan fingerprint density at radius 1 is 1.06 bits per heavy atom. The zero-order valence-electron chi connectivity index (χ0n) is 18.9. The Labute approximate surface area is 190 Å². The maximum Gasteiger partial charge on any atom is 0.140 e.